The van der Waals surface area contributed by atoms with Crippen LogP contribution in [0, 0.1) is 0 Å². The molecule has 2 fully saturated rings. The molecule has 1 saturated heterocycles. The Kier molecular flexibility index (Phi) is 5.66. The molecule has 1 aromatic carbocycles. The van der Waals surface area contributed by atoms with Gasteiger partial charge in [-0.1, -0.05) is 29.3 Å². The number of rotatable bonds is 4. The van der Waals surface area contributed by atoms with E-state index in [9.17, 15) is 14.7 Å². The molecule has 1 aliphatic heterocycles. The summed E-state index contributed by atoms with van der Waals surface area (Å²) in [5, 5.41) is 10.4. The van der Waals surface area contributed by atoms with Gasteiger partial charge in [-0.25, -0.2) is 9.79 Å². The number of amides is 1. The first-order chi connectivity index (χ1) is 14.4. The van der Waals surface area contributed by atoms with Gasteiger partial charge in [-0.05, 0) is 43.2 Å². The highest BCUT2D eigenvalue weighted by Crippen LogP contribution is 2.40. The summed E-state index contributed by atoms with van der Waals surface area (Å²) >= 11 is 12.1. The Hall–Kier alpha value is -2.64. The molecule has 4 rings (SSSR count). The average molecular weight is 447 g/mol. The molecule has 0 spiro atoms. The highest BCUT2D eigenvalue weighted by Gasteiger charge is 2.51. The van der Waals surface area contributed by atoms with Crippen LogP contribution in [0.25, 0.3) is 0 Å². The van der Waals surface area contributed by atoms with Crippen molar-refractivity contribution in [2.75, 3.05) is 26.2 Å². The number of aromatic nitrogens is 1. The Morgan fingerprint density at radius 1 is 1.03 bits per heavy atom. The van der Waals surface area contributed by atoms with Gasteiger partial charge in [0.15, 0.2) is 11.4 Å². The van der Waals surface area contributed by atoms with E-state index in [1.165, 1.54) is 0 Å². The molecule has 156 valence electrons. The van der Waals surface area contributed by atoms with E-state index in [0.717, 1.165) is 0 Å². The van der Waals surface area contributed by atoms with E-state index >= 15 is 0 Å². The number of hydrogen-bond donors (Lipinski definition) is 1. The van der Waals surface area contributed by atoms with Crippen molar-refractivity contribution >= 4 is 40.9 Å². The number of nitrogens with zero attached hydrogens (tertiary/aromatic N) is 4. The Balaban J connectivity index is 1.53. The molecule has 2 aliphatic rings. The molecule has 1 saturated carbocycles. The summed E-state index contributed by atoms with van der Waals surface area (Å²) in [5.41, 5.74) is -0.0158. The maximum Gasteiger partial charge on any atom is 0.331 e. The van der Waals surface area contributed by atoms with Gasteiger partial charge in [-0.2, -0.15) is 0 Å². The van der Waals surface area contributed by atoms with E-state index in [-0.39, 0.29) is 5.91 Å². The molecule has 1 aromatic heterocycles. The van der Waals surface area contributed by atoms with Gasteiger partial charge < -0.3 is 14.9 Å². The van der Waals surface area contributed by atoms with Crippen LogP contribution in [0.3, 0.4) is 0 Å². The number of halogens is 2. The minimum absolute atomic E-state index is 0.156. The van der Waals surface area contributed by atoms with Crippen LogP contribution in [0.2, 0.25) is 10.0 Å². The number of carboxylic acids is 1. The third-order valence-corrected chi connectivity index (χ3v) is 5.91. The molecular weight excluding hydrogens is 427 g/mol. The zero-order chi connectivity index (χ0) is 21.3. The number of carbonyl (C=O) groups is 2. The second-order valence-electron chi connectivity index (χ2n) is 7.39. The van der Waals surface area contributed by atoms with Crippen LogP contribution < -0.4 is 0 Å². The van der Waals surface area contributed by atoms with Crippen LogP contribution >= 0.6 is 23.2 Å². The maximum absolute atomic E-state index is 12.9. The van der Waals surface area contributed by atoms with Crippen molar-refractivity contribution in [2.24, 2.45) is 4.99 Å². The minimum Gasteiger partial charge on any atom is -0.479 e. The number of carboxylic acid groups (broad SMARTS) is 1. The first kappa shape index (κ1) is 20.6. The molecule has 2 aromatic rings. The normalized spacial score (nSPS) is 18.3. The van der Waals surface area contributed by atoms with Gasteiger partial charge in [-0.3, -0.25) is 9.78 Å². The van der Waals surface area contributed by atoms with Crippen molar-refractivity contribution in [3.05, 3.63) is 63.9 Å². The molecule has 1 amide bonds. The number of amidine groups is 1. The SMILES string of the molecule is O=C(c1ccc(Cl)cc1Cl)N1CCN(/C(=N/C2(C(=O)O)CC2)c2ccccn2)CC1. The number of aliphatic carboxylic acids is 1. The Bertz CT molecular complexity index is 1000. The lowest BCUT2D eigenvalue weighted by Gasteiger charge is -2.36. The molecule has 1 aliphatic carbocycles. The van der Waals surface area contributed by atoms with E-state index in [1.54, 1.807) is 35.4 Å². The fourth-order valence-corrected chi connectivity index (χ4v) is 3.92. The van der Waals surface area contributed by atoms with Crippen molar-refractivity contribution in [3.8, 4) is 0 Å². The van der Waals surface area contributed by atoms with E-state index in [2.05, 4.69) is 9.98 Å². The monoisotopic (exact) mass is 446 g/mol. The number of carbonyl (C=O) groups excluding carboxylic acids is 1. The third kappa shape index (κ3) is 4.13. The Morgan fingerprint density at radius 2 is 1.73 bits per heavy atom. The number of pyridine rings is 1. The van der Waals surface area contributed by atoms with Gasteiger partial charge in [0.2, 0.25) is 0 Å². The number of piperazine rings is 1. The molecule has 30 heavy (non-hydrogen) atoms. The second-order valence-corrected chi connectivity index (χ2v) is 8.23. The fourth-order valence-electron chi connectivity index (χ4n) is 3.43. The molecular formula is C21H20Cl2N4O3. The summed E-state index contributed by atoms with van der Waals surface area (Å²) in [7, 11) is 0. The van der Waals surface area contributed by atoms with Gasteiger partial charge in [-0.15, -0.1) is 0 Å². The Morgan fingerprint density at radius 3 is 2.30 bits per heavy atom. The van der Waals surface area contributed by atoms with Crippen LogP contribution in [-0.4, -0.2) is 69.3 Å². The van der Waals surface area contributed by atoms with Crippen molar-refractivity contribution in [1.82, 2.24) is 14.8 Å². The molecule has 0 radical (unpaired) electrons. The molecule has 7 nitrogen and oxygen atoms in total. The van der Waals surface area contributed by atoms with E-state index in [4.69, 9.17) is 23.2 Å². The van der Waals surface area contributed by atoms with Crippen LogP contribution in [0.4, 0.5) is 0 Å². The maximum atomic E-state index is 12.9. The van der Waals surface area contributed by atoms with E-state index < -0.39 is 11.5 Å². The predicted octanol–water partition coefficient (Wildman–Crippen LogP) is 3.21. The number of benzene rings is 1. The minimum atomic E-state index is -1.06. The second kappa shape index (κ2) is 8.24. The van der Waals surface area contributed by atoms with Crippen LogP contribution in [0.1, 0.15) is 28.9 Å². The molecule has 0 atom stereocenters. The van der Waals surface area contributed by atoms with Gasteiger partial charge in [0, 0.05) is 37.4 Å². The van der Waals surface area contributed by atoms with E-state index in [0.29, 0.717) is 66.2 Å². The van der Waals surface area contributed by atoms with Crippen LogP contribution in [-0.2, 0) is 4.79 Å². The quantitative estimate of drug-likeness (QED) is 0.575. The standard InChI is InChI=1S/C21H20Cl2N4O3/c22-14-4-5-15(16(23)13-14)19(28)27-11-9-26(10-12-27)18(17-3-1-2-8-24-17)25-21(6-7-21)20(29)30/h1-5,8,13H,6-7,9-12H2,(H,29,30)/b25-18+. The Labute approximate surface area is 183 Å². The predicted molar refractivity (Wildman–Crippen MR) is 114 cm³/mol. The summed E-state index contributed by atoms with van der Waals surface area (Å²) in [5.74, 6) is -0.508. The number of hydrogen-bond acceptors (Lipinski definition) is 4. The summed E-state index contributed by atoms with van der Waals surface area (Å²) < 4.78 is 0. The van der Waals surface area contributed by atoms with E-state index in [1.807, 2.05) is 17.0 Å². The lowest BCUT2D eigenvalue weighted by molar-refractivity contribution is -0.139. The lowest BCUT2D eigenvalue weighted by atomic mass is 10.1. The smallest absolute Gasteiger partial charge is 0.331 e. The van der Waals surface area contributed by atoms with Crippen molar-refractivity contribution < 1.29 is 14.7 Å². The van der Waals surface area contributed by atoms with Gasteiger partial charge >= 0.3 is 5.97 Å². The summed E-state index contributed by atoms with van der Waals surface area (Å²) in [6.45, 7) is 1.96. The van der Waals surface area contributed by atoms with Crippen LogP contribution in [0.5, 0.6) is 0 Å². The summed E-state index contributed by atoms with van der Waals surface area (Å²) in [6, 6.07) is 10.3. The lowest BCUT2D eigenvalue weighted by Crippen LogP contribution is -2.51. The zero-order valence-corrected chi connectivity index (χ0v) is 17.6. The average Bonchev–Trinajstić information content (AvgIpc) is 3.54. The first-order valence-corrected chi connectivity index (χ1v) is 10.4. The number of aliphatic imine (C=N–C) groups is 1. The zero-order valence-electron chi connectivity index (χ0n) is 16.1. The highest BCUT2D eigenvalue weighted by atomic mass is 35.5. The van der Waals surface area contributed by atoms with Gasteiger partial charge in [0.25, 0.3) is 5.91 Å². The first-order valence-electron chi connectivity index (χ1n) is 9.63. The molecule has 0 unspecified atom stereocenters. The molecule has 0 bridgehead atoms. The van der Waals surface area contributed by atoms with Crippen molar-refractivity contribution in [2.45, 2.75) is 18.4 Å². The van der Waals surface area contributed by atoms with Crippen LogP contribution in [0.15, 0.2) is 47.6 Å². The van der Waals surface area contributed by atoms with Gasteiger partial charge in [0.1, 0.15) is 5.69 Å². The van der Waals surface area contributed by atoms with Gasteiger partial charge in [0.05, 0.1) is 10.6 Å². The summed E-state index contributed by atoms with van der Waals surface area (Å²) in [6.07, 6.45) is 2.70. The largest absolute Gasteiger partial charge is 0.479 e. The molecule has 9 heteroatoms. The fraction of sp³-hybridized carbons (Fsp3) is 0.333. The topological polar surface area (TPSA) is 86.1 Å². The third-order valence-electron chi connectivity index (χ3n) is 5.36. The highest BCUT2D eigenvalue weighted by molar-refractivity contribution is 6.36. The molecule has 1 N–H and O–H groups in total. The van der Waals surface area contributed by atoms with Crippen molar-refractivity contribution in [1.29, 1.82) is 0 Å². The van der Waals surface area contributed by atoms with Crippen molar-refractivity contribution in [3.63, 3.8) is 0 Å². The molecule has 2 heterocycles. The summed E-state index contributed by atoms with van der Waals surface area (Å²) in [4.78, 5) is 37.2.